The van der Waals surface area contributed by atoms with Gasteiger partial charge in [-0.05, 0) is 57.3 Å². The van der Waals surface area contributed by atoms with E-state index in [0.717, 1.165) is 16.8 Å². The Morgan fingerprint density at radius 2 is 1.85 bits per heavy atom. The van der Waals surface area contributed by atoms with Crippen molar-refractivity contribution < 1.29 is 4.79 Å². The third-order valence-electron chi connectivity index (χ3n) is 4.16. The number of nitrogens with zero attached hydrogens (tertiary/aromatic N) is 3. The molecule has 7 heteroatoms. The van der Waals surface area contributed by atoms with Crippen molar-refractivity contribution in [2.75, 3.05) is 32.1 Å². The van der Waals surface area contributed by atoms with Crippen LogP contribution in [0.2, 0.25) is 5.02 Å². The number of aryl methyl sites for hydroxylation is 2. The normalized spacial score (nSPS) is 10.9. The minimum atomic E-state index is -0.120. The minimum Gasteiger partial charge on any atom is -0.308 e. The van der Waals surface area contributed by atoms with Gasteiger partial charge in [-0.1, -0.05) is 41.1 Å². The number of carbonyl (C=O) groups excluding carboxylic acids is 1. The number of hydrogen-bond donors (Lipinski definition) is 0. The molecule has 4 nitrogen and oxygen atoms in total. The van der Waals surface area contributed by atoms with Gasteiger partial charge in [0.1, 0.15) is 0 Å². The van der Waals surface area contributed by atoms with Crippen molar-refractivity contribution in [3.63, 3.8) is 0 Å². The summed E-state index contributed by atoms with van der Waals surface area (Å²) in [6.45, 7) is 5.43. The van der Waals surface area contributed by atoms with Crippen LogP contribution in [0.15, 0.2) is 36.4 Å². The second kappa shape index (κ2) is 9.02. The van der Waals surface area contributed by atoms with Crippen molar-refractivity contribution in [3.8, 4) is 0 Å². The maximum atomic E-state index is 13.2. The van der Waals surface area contributed by atoms with Crippen LogP contribution in [-0.4, -0.2) is 43.0 Å². The third kappa shape index (κ3) is 4.79. The van der Waals surface area contributed by atoms with E-state index in [4.69, 9.17) is 16.6 Å². The number of thiazole rings is 1. The van der Waals surface area contributed by atoms with Gasteiger partial charge in [0.15, 0.2) is 5.13 Å². The molecule has 144 valence electrons. The fraction of sp³-hybridized carbons (Fsp3) is 0.300. The lowest BCUT2D eigenvalue weighted by molar-refractivity contribution is 0.0985. The first kappa shape index (κ1) is 21.6. The van der Waals surface area contributed by atoms with Gasteiger partial charge in [-0.15, -0.1) is 12.4 Å². The SMILES string of the molecule is Cc1cc(C)c2sc(N(CCN(C)C)C(=O)c3ccccc3Cl)nc2c1.Cl. The van der Waals surface area contributed by atoms with Crippen LogP contribution in [0.5, 0.6) is 0 Å². The van der Waals surface area contributed by atoms with Crippen molar-refractivity contribution in [1.29, 1.82) is 0 Å². The zero-order chi connectivity index (χ0) is 18.8. The van der Waals surface area contributed by atoms with E-state index in [0.29, 0.717) is 22.3 Å². The molecule has 0 aliphatic rings. The quantitative estimate of drug-likeness (QED) is 0.565. The van der Waals surface area contributed by atoms with Crippen molar-refractivity contribution in [2.45, 2.75) is 13.8 Å². The summed E-state index contributed by atoms with van der Waals surface area (Å²) in [5.74, 6) is -0.120. The molecular weight excluding hydrogens is 401 g/mol. The lowest BCUT2D eigenvalue weighted by atomic mass is 10.1. The van der Waals surface area contributed by atoms with Gasteiger partial charge < -0.3 is 4.90 Å². The Morgan fingerprint density at radius 3 is 2.52 bits per heavy atom. The highest BCUT2D eigenvalue weighted by Crippen LogP contribution is 2.33. The van der Waals surface area contributed by atoms with E-state index >= 15 is 0 Å². The molecule has 3 aromatic rings. The topological polar surface area (TPSA) is 36.4 Å². The van der Waals surface area contributed by atoms with Gasteiger partial charge in [0.2, 0.25) is 0 Å². The van der Waals surface area contributed by atoms with E-state index in [1.165, 1.54) is 11.1 Å². The van der Waals surface area contributed by atoms with Gasteiger partial charge >= 0.3 is 0 Å². The lowest BCUT2D eigenvalue weighted by Crippen LogP contribution is -2.36. The third-order valence-corrected chi connectivity index (χ3v) is 5.72. The molecule has 2 aromatic carbocycles. The molecule has 1 aromatic heterocycles. The zero-order valence-electron chi connectivity index (χ0n) is 15.8. The molecule has 1 heterocycles. The van der Waals surface area contributed by atoms with Gasteiger partial charge in [-0.2, -0.15) is 0 Å². The number of fused-ring (bicyclic) bond motifs is 1. The van der Waals surface area contributed by atoms with Gasteiger partial charge in [0.05, 0.1) is 20.8 Å². The maximum Gasteiger partial charge on any atom is 0.261 e. The Bertz CT molecular complexity index is 956. The number of rotatable bonds is 5. The molecule has 0 aliphatic carbocycles. The first-order valence-electron chi connectivity index (χ1n) is 8.45. The second-order valence-corrected chi connectivity index (χ2v) is 8.05. The number of benzene rings is 2. The van der Waals surface area contributed by atoms with E-state index in [1.54, 1.807) is 28.4 Å². The van der Waals surface area contributed by atoms with Gasteiger partial charge in [-0.25, -0.2) is 4.98 Å². The molecule has 0 atom stereocenters. The molecule has 27 heavy (non-hydrogen) atoms. The van der Waals surface area contributed by atoms with Crippen LogP contribution in [0.4, 0.5) is 5.13 Å². The Balaban J connectivity index is 0.00000261. The average molecular weight is 424 g/mol. The number of likely N-dealkylation sites (N-methyl/N-ethyl adjacent to an activating group) is 1. The van der Waals surface area contributed by atoms with E-state index < -0.39 is 0 Å². The summed E-state index contributed by atoms with van der Waals surface area (Å²) in [7, 11) is 3.98. The van der Waals surface area contributed by atoms with E-state index in [2.05, 4.69) is 30.9 Å². The highest BCUT2D eigenvalue weighted by Gasteiger charge is 2.23. The number of aromatic nitrogens is 1. The fourth-order valence-electron chi connectivity index (χ4n) is 2.84. The monoisotopic (exact) mass is 423 g/mol. The number of hydrogen-bond acceptors (Lipinski definition) is 4. The summed E-state index contributed by atoms with van der Waals surface area (Å²) in [6.07, 6.45) is 0. The Morgan fingerprint density at radius 1 is 1.15 bits per heavy atom. The Labute approximate surface area is 175 Å². The molecule has 0 saturated carbocycles. The predicted octanol–water partition coefficient (Wildman–Crippen LogP) is 5.20. The molecule has 0 bridgehead atoms. The summed E-state index contributed by atoms with van der Waals surface area (Å²) in [5, 5.41) is 1.17. The first-order valence-corrected chi connectivity index (χ1v) is 9.65. The van der Waals surface area contributed by atoms with E-state index in [1.807, 2.05) is 26.2 Å². The molecule has 0 aliphatic heterocycles. The van der Waals surface area contributed by atoms with Crippen LogP contribution >= 0.6 is 35.3 Å². The van der Waals surface area contributed by atoms with E-state index in [-0.39, 0.29) is 18.3 Å². The minimum absolute atomic E-state index is 0. The number of carbonyl (C=O) groups is 1. The highest BCUT2D eigenvalue weighted by atomic mass is 35.5. The zero-order valence-corrected chi connectivity index (χ0v) is 18.2. The Hall–Kier alpha value is -1.66. The number of halogens is 2. The predicted molar refractivity (Wildman–Crippen MR) is 118 cm³/mol. The fourth-order valence-corrected chi connectivity index (χ4v) is 4.10. The van der Waals surface area contributed by atoms with Crippen molar-refractivity contribution >= 4 is 56.6 Å². The largest absolute Gasteiger partial charge is 0.308 e. The van der Waals surface area contributed by atoms with Crippen molar-refractivity contribution in [1.82, 2.24) is 9.88 Å². The van der Waals surface area contributed by atoms with Gasteiger partial charge in [0.25, 0.3) is 5.91 Å². The highest BCUT2D eigenvalue weighted by molar-refractivity contribution is 7.22. The number of anilines is 1. The van der Waals surface area contributed by atoms with Crippen LogP contribution in [0.25, 0.3) is 10.2 Å². The van der Waals surface area contributed by atoms with Crippen LogP contribution in [0.1, 0.15) is 21.5 Å². The average Bonchev–Trinajstić information content (AvgIpc) is 2.99. The molecule has 0 spiro atoms. The summed E-state index contributed by atoms with van der Waals surface area (Å²) in [6, 6.07) is 11.4. The van der Waals surface area contributed by atoms with Crippen LogP contribution < -0.4 is 4.90 Å². The standard InChI is InChI=1S/C20H22ClN3OS.ClH/c1-13-11-14(2)18-17(12-13)22-20(26-18)24(10-9-23(3)4)19(25)15-7-5-6-8-16(15)21;/h5-8,11-12H,9-10H2,1-4H3;1H. The molecule has 0 N–H and O–H groups in total. The summed E-state index contributed by atoms with van der Waals surface area (Å²) in [4.78, 5) is 21.7. The molecule has 0 fully saturated rings. The first-order chi connectivity index (χ1) is 12.4. The van der Waals surface area contributed by atoms with Crippen molar-refractivity contribution in [2.24, 2.45) is 0 Å². The van der Waals surface area contributed by atoms with Crippen LogP contribution in [0.3, 0.4) is 0 Å². The molecule has 0 radical (unpaired) electrons. The molecular formula is C20H23Cl2N3OS. The van der Waals surface area contributed by atoms with Crippen molar-refractivity contribution in [3.05, 3.63) is 58.1 Å². The summed E-state index contributed by atoms with van der Waals surface area (Å²) in [5.41, 5.74) is 3.79. The smallest absolute Gasteiger partial charge is 0.261 e. The summed E-state index contributed by atoms with van der Waals surface area (Å²) < 4.78 is 1.12. The molecule has 3 rings (SSSR count). The summed E-state index contributed by atoms with van der Waals surface area (Å²) >= 11 is 7.82. The Kier molecular flexibility index (Phi) is 7.23. The van der Waals surface area contributed by atoms with Gasteiger partial charge in [-0.3, -0.25) is 9.69 Å². The molecule has 0 unspecified atom stereocenters. The van der Waals surface area contributed by atoms with Gasteiger partial charge in [0, 0.05) is 13.1 Å². The molecule has 1 amide bonds. The lowest BCUT2D eigenvalue weighted by Gasteiger charge is -2.22. The van der Waals surface area contributed by atoms with Crippen LogP contribution in [0, 0.1) is 13.8 Å². The second-order valence-electron chi connectivity index (χ2n) is 6.67. The number of amides is 1. The maximum absolute atomic E-state index is 13.2. The molecule has 0 saturated heterocycles. The van der Waals surface area contributed by atoms with E-state index in [9.17, 15) is 4.79 Å². The van der Waals surface area contributed by atoms with Crippen LogP contribution in [-0.2, 0) is 0 Å².